The number of nitrogens with zero attached hydrogens (tertiary/aromatic N) is 8. The molecule has 1 aliphatic rings. The number of rotatable bonds is 9. The summed E-state index contributed by atoms with van der Waals surface area (Å²) >= 11 is 0. The van der Waals surface area contributed by atoms with Crippen LogP contribution in [0.15, 0.2) is 54.9 Å². The lowest BCUT2D eigenvalue weighted by Gasteiger charge is -2.29. The van der Waals surface area contributed by atoms with Crippen LogP contribution in [0.4, 0.5) is 5.82 Å². The van der Waals surface area contributed by atoms with Gasteiger partial charge in [-0.15, -0.1) is 14.1 Å². The van der Waals surface area contributed by atoms with Crippen molar-refractivity contribution < 1.29 is 9.47 Å². The van der Waals surface area contributed by atoms with E-state index in [0.717, 1.165) is 65.2 Å². The number of ether oxygens (including phenoxy) is 2. The Bertz CT molecular complexity index is 1660. The fourth-order valence-electron chi connectivity index (χ4n) is 5.06. The van der Waals surface area contributed by atoms with Crippen molar-refractivity contribution in [2.75, 3.05) is 37.8 Å². The van der Waals surface area contributed by atoms with Crippen molar-refractivity contribution in [1.29, 1.82) is 0 Å². The van der Waals surface area contributed by atoms with E-state index in [4.69, 9.17) is 29.6 Å². The van der Waals surface area contributed by atoms with Gasteiger partial charge in [0.2, 0.25) is 0 Å². The lowest BCUT2D eigenvalue weighted by molar-refractivity contribution is 0.0911. The zero-order valence-corrected chi connectivity index (χ0v) is 25.5. The van der Waals surface area contributed by atoms with E-state index in [1.807, 2.05) is 36.3 Å². The van der Waals surface area contributed by atoms with Crippen LogP contribution in [0.25, 0.3) is 39.6 Å². The molecular weight excluding hydrogens is 532 g/mol. The van der Waals surface area contributed by atoms with Gasteiger partial charge >= 0.3 is 0 Å². The predicted octanol–water partition coefficient (Wildman–Crippen LogP) is 5.14. The van der Waals surface area contributed by atoms with Gasteiger partial charge in [0.1, 0.15) is 17.9 Å². The van der Waals surface area contributed by atoms with E-state index >= 15 is 0 Å². The van der Waals surface area contributed by atoms with Gasteiger partial charge in [-0.25, -0.2) is 9.67 Å². The van der Waals surface area contributed by atoms with Gasteiger partial charge in [-0.1, -0.05) is 23.8 Å². The summed E-state index contributed by atoms with van der Waals surface area (Å²) in [7, 11) is 0.710. The van der Waals surface area contributed by atoms with Crippen LogP contribution >= 0.6 is 0 Å². The van der Waals surface area contributed by atoms with Crippen molar-refractivity contribution in [2.24, 2.45) is 7.05 Å². The topological polar surface area (TPSA) is 88.0 Å². The number of anilines is 1. The summed E-state index contributed by atoms with van der Waals surface area (Å²) < 4.78 is 17.7. The Balaban J connectivity index is 1.46. The molecule has 4 aromatic heterocycles. The van der Waals surface area contributed by atoms with Gasteiger partial charge in [0, 0.05) is 44.7 Å². The SMILES string of the molecule is Cc1cccc(-c2ccn(-c3nc(N4CCOCC4)c4c(cc(-c5ccn(C)n5)n4COCC[Si-](C)(C)C)n3)n2)c1. The lowest BCUT2D eigenvalue weighted by Crippen LogP contribution is -2.37. The Labute approximate surface area is 241 Å². The van der Waals surface area contributed by atoms with Crippen molar-refractivity contribution in [2.45, 2.75) is 39.3 Å². The minimum atomic E-state index is -1.22. The quantitative estimate of drug-likeness (QED) is 0.179. The molecule has 6 rings (SSSR count). The number of fused-ring (bicyclic) bond motifs is 1. The highest BCUT2D eigenvalue weighted by atomic mass is 28.3. The van der Waals surface area contributed by atoms with Crippen LogP contribution < -0.4 is 4.90 Å². The first-order chi connectivity index (χ1) is 19.7. The summed E-state index contributed by atoms with van der Waals surface area (Å²) in [6.45, 7) is 13.1. The molecule has 1 saturated heterocycles. The summed E-state index contributed by atoms with van der Waals surface area (Å²) in [4.78, 5) is 12.4. The number of hydrogen-bond acceptors (Lipinski definition) is 7. The Hall–Kier alpha value is -3.80. The van der Waals surface area contributed by atoms with Crippen LogP contribution in [-0.4, -0.2) is 75.1 Å². The van der Waals surface area contributed by atoms with E-state index in [9.17, 15) is 0 Å². The molecule has 0 saturated carbocycles. The number of aromatic nitrogens is 7. The molecule has 1 aromatic carbocycles. The maximum Gasteiger partial charge on any atom is 0.253 e. The number of aryl methyl sites for hydroxylation is 2. The molecule has 0 spiro atoms. The zero-order valence-electron chi connectivity index (χ0n) is 24.5. The van der Waals surface area contributed by atoms with E-state index in [2.05, 4.69) is 66.4 Å². The standard InChI is InChI=1S/C30H38N8O2Si/c1-22-7-6-8-23(19-22)24-10-12-38(34-24)30-31-26-20-27(25-9-11-35(2)33-25)37(21-40-17-18-41(3,4)5)28(26)29(32-30)36-13-15-39-16-14-36/h6-12,19-20H,13-18,21H2,1-5H3/q-1. The minimum Gasteiger partial charge on any atom is -0.378 e. The van der Waals surface area contributed by atoms with Crippen molar-refractivity contribution in [3.8, 4) is 28.6 Å². The van der Waals surface area contributed by atoms with Gasteiger partial charge in [0.25, 0.3) is 5.95 Å². The Morgan fingerprint density at radius 1 is 0.951 bits per heavy atom. The predicted molar refractivity (Wildman–Crippen MR) is 164 cm³/mol. The van der Waals surface area contributed by atoms with E-state index in [1.54, 1.807) is 4.68 Å². The maximum absolute atomic E-state index is 6.30. The van der Waals surface area contributed by atoms with Crippen LogP contribution in [0.2, 0.25) is 25.7 Å². The summed E-state index contributed by atoms with van der Waals surface area (Å²) in [5, 5.41) is 9.58. The number of morpholine rings is 1. The average Bonchev–Trinajstić information content (AvgIpc) is 3.69. The molecule has 0 unspecified atom stereocenters. The van der Waals surface area contributed by atoms with Crippen molar-refractivity contribution in [1.82, 2.24) is 34.1 Å². The smallest absolute Gasteiger partial charge is 0.253 e. The Kier molecular flexibility index (Phi) is 7.50. The van der Waals surface area contributed by atoms with E-state index in [1.165, 1.54) is 5.56 Å². The second-order valence-corrected chi connectivity index (χ2v) is 17.5. The molecule has 0 amide bonds. The maximum atomic E-state index is 6.30. The number of benzene rings is 1. The molecule has 5 aromatic rings. The van der Waals surface area contributed by atoms with Crippen molar-refractivity contribution in [3.63, 3.8) is 0 Å². The van der Waals surface area contributed by atoms with Gasteiger partial charge in [-0.3, -0.25) is 4.68 Å². The van der Waals surface area contributed by atoms with Crippen LogP contribution in [-0.2, 0) is 23.3 Å². The first kappa shape index (κ1) is 27.4. The second-order valence-electron chi connectivity index (χ2n) is 11.9. The molecule has 0 N–H and O–H groups in total. The third-order valence-electron chi connectivity index (χ3n) is 7.33. The highest BCUT2D eigenvalue weighted by Gasteiger charge is 2.24. The molecule has 1 aliphatic heterocycles. The van der Waals surface area contributed by atoms with E-state index in [0.29, 0.717) is 25.9 Å². The fourth-order valence-corrected chi connectivity index (χ4v) is 5.82. The molecule has 10 nitrogen and oxygen atoms in total. The van der Waals surface area contributed by atoms with Crippen LogP contribution in [0.3, 0.4) is 0 Å². The summed E-state index contributed by atoms with van der Waals surface area (Å²) in [6, 6.07) is 15.6. The summed E-state index contributed by atoms with van der Waals surface area (Å²) in [5.74, 6) is 1.39. The minimum absolute atomic E-state index is 0.402. The molecule has 5 heterocycles. The number of hydrogen-bond donors (Lipinski definition) is 0. The van der Waals surface area contributed by atoms with Crippen LogP contribution in [0, 0.1) is 6.92 Å². The van der Waals surface area contributed by atoms with Crippen LogP contribution in [0.5, 0.6) is 0 Å². The third-order valence-corrected chi connectivity index (χ3v) is 9.03. The molecular formula is C30H38N8O2Si-. The fraction of sp³-hybridized carbons (Fsp3) is 0.400. The highest BCUT2D eigenvalue weighted by molar-refractivity contribution is 6.76. The largest absolute Gasteiger partial charge is 0.378 e. The molecule has 11 heteroatoms. The van der Waals surface area contributed by atoms with Crippen molar-refractivity contribution in [3.05, 3.63) is 60.4 Å². The normalized spacial score (nSPS) is 14.3. The Morgan fingerprint density at radius 3 is 2.49 bits per heavy atom. The molecule has 41 heavy (non-hydrogen) atoms. The van der Waals surface area contributed by atoms with E-state index in [-0.39, 0.29) is 0 Å². The summed E-state index contributed by atoms with van der Waals surface area (Å²) in [5.41, 5.74) is 6.74. The molecule has 0 bridgehead atoms. The third kappa shape index (κ3) is 5.97. The zero-order chi connectivity index (χ0) is 28.6. The summed E-state index contributed by atoms with van der Waals surface area (Å²) in [6.07, 6.45) is 3.89. The second kappa shape index (κ2) is 11.2. The molecule has 0 aliphatic carbocycles. The van der Waals surface area contributed by atoms with Gasteiger partial charge in [-0.2, -0.15) is 34.8 Å². The van der Waals surface area contributed by atoms with Crippen molar-refractivity contribution >= 4 is 24.9 Å². The highest BCUT2D eigenvalue weighted by Crippen LogP contribution is 2.33. The first-order valence-corrected chi connectivity index (χ1v) is 17.9. The van der Waals surface area contributed by atoms with Crippen LogP contribution in [0.1, 0.15) is 5.56 Å². The molecule has 0 radical (unpaired) electrons. The average molecular weight is 571 g/mol. The molecule has 1 fully saturated rings. The Morgan fingerprint density at radius 2 is 1.76 bits per heavy atom. The van der Waals surface area contributed by atoms with Gasteiger partial charge in [-0.05, 0) is 31.2 Å². The molecule has 215 valence electrons. The first-order valence-electron chi connectivity index (χ1n) is 14.2. The monoisotopic (exact) mass is 570 g/mol. The lowest BCUT2D eigenvalue weighted by atomic mass is 10.1. The van der Waals surface area contributed by atoms with Gasteiger partial charge < -0.3 is 18.9 Å². The van der Waals surface area contributed by atoms with Gasteiger partial charge in [0.05, 0.1) is 30.1 Å². The van der Waals surface area contributed by atoms with Gasteiger partial charge in [0.15, 0.2) is 5.82 Å². The van der Waals surface area contributed by atoms with E-state index < -0.39 is 8.07 Å². The molecule has 0 atom stereocenters.